The highest BCUT2D eigenvalue weighted by atomic mass is 14.7. The summed E-state index contributed by atoms with van der Waals surface area (Å²) in [4.78, 5) is 3.89. The molecular weight excluding hydrogens is 138 g/mol. The summed E-state index contributed by atoms with van der Waals surface area (Å²) in [7, 11) is 0. The zero-order valence-electron chi connectivity index (χ0n) is 6.62. The zero-order chi connectivity index (χ0) is 8.27. The molecule has 1 rings (SSSR count). The summed E-state index contributed by atoms with van der Waals surface area (Å²) >= 11 is 0. The van der Waals surface area contributed by atoms with E-state index in [0.717, 1.165) is 17.7 Å². The first-order valence-electron chi connectivity index (χ1n) is 3.64. The molecule has 0 aliphatic heterocycles. The Morgan fingerprint density at radius 2 is 2.36 bits per heavy atom. The number of pyridine rings is 1. The van der Waals surface area contributed by atoms with Gasteiger partial charge in [0.2, 0.25) is 0 Å². The molecule has 60 valence electrons. The number of anilines is 1. The molecule has 1 aromatic heterocycles. The summed E-state index contributed by atoms with van der Waals surface area (Å²) in [6.07, 6.45) is 4.19. The second-order valence-electron chi connectivity index (χ2n) is 2.76. The van der Waals surface area contributed by atoms with Crippen molar-refractivity contribution in [3.05, 3.63) is 24.0 Å². The van der Waals surface area contributed by atoms with E-state index in [0.29, 0.717) is 0 Å². The molecule has 3 nitrogen and oxygen atoms in total. The van der Waals surface area contributed by atoms with Crippen LogP contribution in [0.2, 0.25) is 0 Å². The predicted molar refractivity (Wildman–Crippen MR) is 46.0 cm³/mol. The number of nitrogens with two attached hydrogens (primary N) is 2. The van der Waals surface area contributed by atoms with E-state index in [1.807, 2.05) is 13.0 Å². The molecule has 0 saturated heterocycles. The highest BCUT2D eigenvalue weighted by Crippen LogP contribution is 2.09. The standard InChI is InChI=1S/C8H13N3/c1-6(9)4-7-2-3-11-5-8(7)10/h2-3,5-6H,4,9-10H2,1H3. The molecule has 0 spiro atoms. The normalized spacial score (nSPS) is 12.9. The molecule has 1 atom stereocenters. The van der Waals surface area contributed by atoms with Gasteiger partial charge in [-0.15, -0.1) is 0 Å². The van der Waals surface area contributed by atoms with Crippen LogP contribution in [-0.2, 0) is 6.42 Å². The van der Waals surface area contributed by atoms with Gasteiger partial charge in [0.15, 0.2) is 0 Å². The van der Waals surface area contributed by atoms with Crippen LogP contribution in [0.3, 0.4) is 0 Å². The Morgan fingerprint density at radius 1 is 1.64 bits per heavy atom. The van der Waals surface area contributed by atoms with E-state index in [-0.39, 0.29) is 6.04 Å². The van der Waals surface area contributed by atoms with Crippen molar-refractivity contribution in [2.45, 2.75) is 19.4 Å². The summed E-state index contributed by atoms with van der Waals surface area (Å²) in [5.41, 5.74) is 13.1. The Bertz CT molecular complexity index is 233. The average Bonchev–Trinajstić information content (AvgIpc) is 1.93. The summed E-state index contributed by atoms with van der Waals surface area (Å²) in [6.45, 7) is 1.96. The quantitative estimate of drug-likeness (QED) is 0.648. The van der Waals surface area contributed by atoms with Crippen molar-refractivity contribution in [3.63, 3.8) is 0 Å². The lowest BCUT2D eigenvalue weighted by molar-refractivity contribution is 0.738. The fraction of sp³-hybridized carbons (Fsp3) is 0.375. The van der Waals surface area contributed by atoms with Crippen LogP contribution in [0.1, 0.15) is 12.5 Å². The summed E-state index contributed by atoms with van der Waals surface area (Å²) in [5, 5.41) is 0. The van der Waals surface area contributed by atoms with E-state index >= 15 is 0 Å². The molecule has 11 heavy (non-hydrogen) atoms. The van der Waals surface area contributed by atoms with Gasteiger partial charge in [-0.1, -0.05) is 0 Å². The summed E-state index contributed by atoms with van der Waals surface area (Å²) in [6, 6.07) is 2.05. The van der Waals surface area contributed by atoms with Crippen LogP contribution in [0.4, 0.5) is 5.69 Å². The third-order valence-electron chi connectivity index (χ3n) is 1.49. The van der Waals surface area contributed by atoms with Gasteiger partial charge in [0.1, 0.15) is 0 Å². The van der Waals surface area contributed by atoms with Crippen LogP contribution in [0.15, 0.2) is 18.5 Å². The van der Waals surface area contributed by atoms with Gasteiger partial charge in [-0.05, 0) is 25.0 Å². The molecule has 0 aliphatic carbocycles. The molecular formula is C8H13N3. The van der Waals surface area contributed by atoms with Crippen molar-refractivity contribution in [1.29, 1.82) is 0 Å². The van der Waals surface area contributed by atoms with Crippen LogP contribution < -0.4 is 11.5 Å². The highest BCUT2D eigenvalue weighted by Gasteiger charge is 2.00. The second-order valence-corrected chi connectivity index (χ2v) is 2.76. The molecule has 0 aliphatic rings. The van der Waals surface area contributed by atoms with Crippen molar-refractivity contribution in [2.75, 3.05) is 5.73 Å². The molecule has 3 heteroatoms. The van der Waals surface area contributed by atoms with Gasteiger partial charge < -0.3 is 11.5 Å². The number of rotatable bonds is 2. The minimum absolute atomic E-state index is 0.152. The third-order valence-corrected chi connectivity index (χ3v) is 1.49. The largest absolute Gasteiger partial charge is 0.397 e. The number of aromatic nitrogens is 1. The van der Waals surface area contributed by atoms with Crippen molar-refractivity contribution in [3.8, 4) is 0 Å². The number of nitrogen functional groups attached to an aromatic ring is 1. The molecule has 1 aromatic rings. The van der Waals surface area contributed by atoms with Crippen LogP contribution in [0.25, 0.3) is 0 Å². The lowest BCUT2D eigenvalue weighted by atomic mass is 10.1. The monoisotopic (exact) mass is 151 g/mol. The maximum absolute atomic E-state index is 5.65. The average molecular weight is 151 g/mol. The number of hydrogen-bond donors (Lipinski definition) is 2. The van der Waals surface area contributed by atoms with E-state index in [2.05, 4.69) is 4.98 Å². The fourth-order valence-electron chi connectivity index (χ4n) is 0.968. The molecule has 1 unspecified atom stereocenters. The van der Waals surface area contributed by atoms with Crippen molar-refractivity contribution in [1.82, 2.24) is 4.98 Å². The number of hydrogen-bond acceptors (Lipinski definition) is 3. The Balaban J connectivity index is 2.78. The maximum Gasteiger partial charge on any atom is 0.0533 e. The fourth-order valence-corrected chi connectivity index (χ4v) is 0.968. The maximum atomic E-state index is 5.65. The lowest BCUT2D eigenvalue weighted by Crippen LogP contribution is -2.18. The van der Waals surface area contributed by atoms with Crippen LogP contribution in [0, 0.1) is 0 Å². The summed E-state index contributed by atoms with van der Waals surface area (Å²) in [5.74, 6) is 0. The Kier molecular flexibility index (Phi) is 2.44. The van der Waals surface area contributed by atoms with Gasteiger partial charge in [-0.3, -0.25) is 4.98 Å². The van der Waals surface area contributed by atoms with Crippen molar-refractivity contribution >= 4 is 5.69 Å². The van der Waals surface area contributed by atoms with E-state index < -0.39 is 0 Å². The minimum atomic E-state index is 0.152. The zero-order valence-corrected chi connectivity index (χ0v) is 6.62. The first kappa shape index (κ1) is 8.01. The highest BCUT2D eigenvalue weighted by molar-refractivity contribution is 5.43. The first-order valence-corrected chi connectivity index (χ1v) is 3.64. The van der Waals surface area contributed by atoms with Crippen LogP contribution in [0.5, 0.6) is 0 Å². The van der Waals surface area contributed by atoms with Gasteiger partial charge in [0.25, 0.3) is 0 Å². The lowest BCUT2D eigenvalue weighted by Gasteiger charge is -2.06. The van der Waals surface area contributed by atoms with E-state index in [1.165, 1.54) is 0 Å². The Labute approximate surface area is 66.4 Å². The van der Waals surface area contributed by atoms with Gasteiger partial charge >= 0.3 is 0 Å². The number of nitrogens with zero attached hydrogens (tertiary/aromatic N) is 1. The SMILES string of the molecule is CC(N)Cc1ccncc1N. The first-order chi connectivity index (χ1) is 5.20. The van der Waals surface area contributed by atoms with Gasteiger partial charge in [-0.25, -0.2) is 0 Å². The van der Waals surface area contributed by atoms with Crippen LogP contribution in [-0.4, -0.2) is 11.0 Å². The van der Waals surface area contributed by atoms with Gasteiger partial charge in [0.05, 0.1) is 11.9 Å². The molecule has 0 bridgehead atoms. The van der Waals surface area contributed by atoms with E-state index in [9.17, 15) is 0 Å². The molecule has 0 fully saturated rings. The molecule has 1 heterocycles. The molecule has 0 radical (unpaired) electrons. The van der Waals surface area contributed by atoms with Gasteiger partial charge in [0, 0.05) is 12.2 Å². The van der Waals surface area contributed by atoms with Crippen molar-refractivity contribution < 1.29 is 0 Å². The molecule has 0 aromatic carbocycles. The van der Waals surface area contributed by atoms with E-state index in [1.54, 1.807) is 12.4 Å². The topological polar surface area (TPSA) is 64.9 Å². The summed E-state index contributed by atoms with van der Waals surface area (Å²) < 4.78 is 0. The minimum Gasteiger partial charge on any atom is -0.397 e. The van der Waals surface area contributed by atoms with Crippen LogP contribution >= 0.6 is 0 Å². The Morgan fingerprint density at radius 3 is 2.91 bits per heavy atom. The molecule has 0 amide bonds. The second kappa shape index (κ2) is 3.34. The Hall–Kier alpha value is -1.09. The smallest absolute Gasteiger partial charge is 0.0533 e. The van der Waals surface area contributed by atoms with Gasteiger partial charge in [-0.2, -0.15) is 0 Å². The molecule has 4 N–H and O–H groups in total. The molecule has 0 saturated carbocycles. The van der Waals surface area contributed by atoms with Crippen molar-refractivity contribution in [2.24, 2.45) is 5.73 Å². The third kappa shape index (κ3) is 2.20. The predicted octanol–water partition coefficient (Wildman–Crippen LogP) is 0.554. The van der Waals surface area contributed by atoms with E-state index in [4.69, 9.17) is 11.5 Å².